The van der Waals surface area contributed by atoms with Crippen LogP contribution in [0.15, 0.2) is 24.3 Å². The molecule has 0 heterocycles. The van der Waals surface area contributed by atoms with E-state index in [-0.39, 0.29) is 5.92 Å². The van der Waals surface area contributed by atoms with Gasteiger partial charge in [0.2, 0.25) is 0 Å². The van der Waals surface area contributed by atoms with Gasteiger partial charge in [0.05, 0.1) is 0 Å². The molecule has 3 nitrogen and oxygen atoms in total. The number of hydrogen-bond donors (Lipinski definition) is 1. The summed E-state index contributed by atoms with van der Waals surface area (Å²) in [6.45, 7) is 2.32. The predicted molar refractivity (Wildman–Crippen MR) is 87.4 cm³/mol. The fraction of sp³-hybridized carbons (Fsp3) is 0.533. The molecule has 1 rings (SSSR count). The smallest absolute Gasteiger partial charge is 0.120 e. The summed E-state index contributed by atoms with van der Waals surface area (Å²) in [5.74, 6) is 1.33. The molecule has 0 fully saturated rings. The Labute approximate surface area is 131 Å². The second kappa shape index (κ2) is 10.0. The minimum atomic E-state index is 0.200. The predicted octanol–water partition coefficient (Wildman–Crippen LogP) is 2.86. The third kappa shape index (κ3) is 5.31. The van der Waals surface area contributed by atoms with Crippen LogP contribution in [0.3, 0.4) is 0 Å². The van der Waals surface area contributed by atoms with Crippen LogP contribution in [-0.2, 0) is 4.79 Å². The minimum absolute atomic E-state index is 0.200. The first-order valence-electron chi connectivity index (χ1n) is 6.81. The number of hydrogen-bond acceptors (Lipinski definition) is 3. The number of likely N-dealkylation sites (N-methyl/N-ethyl adjacent to an activating group) is 1. The zero-order valence-corrected chi connectivity index (χ0v) is 13.3. The van der Waals surface area contributed by atoms with E-state index in [0.29, 0.717) is 18.2 Å². The van der Waals surface area contributed by atoms with Gasteiger partial charge in [-0.3, -0.25) is 0 Å². The Hall–Kier alpha value is -0.770. The van der Waals surface area contributed by atoms with E-state index >= 15 is 0 Å². The van der Waals surface area contributed by atoms with Crippen LogP contribution in [0, 0.1) is 0 Å². The molecule has 0 saturated carbocycles. The molecule has 0 saturated heterocycles. The highest BCUT2D eigenvalue weighted by atomic mass is 35.5. The third-order valence-electron chi connectivity index (χ3n) is 3.25. The fourth-order valence-electron chi connectivity index (χ4n) is 2.25. The molecule has 112 valence electrons. The lowest BCUT2D eigenvalue weighted by atomic mass is 9.95. The van der Waals surface area contributed by atoms with Crippen molar-refractivity contribution in [3.05, 3.63) is 29.8 Å². The molecule has 1 aromatic carbocycles. The summed E-state index contributed by atoms with van der Waals surface area (Å²) in [4.78, 5) is 13.0. The van der Waals surface area contributed by atoms with E-state index in [0.717, 1.165) is 37.2 Å². The van der Waals surface area contributed by atoms with Crippen molar-refractivity contribution in [3.8, 4) is 0 Å². The number of aldehydes is 1. The van der Waals surface area contributed by atoms with Gasteiger partial charge < -0.3 is 15.0 Å². The fourth-order valence-corrected chi connectivity index (χ4v) is 2.66. The molecule has 0 aromatic heterocycles. The summed E-state index contributed by atoms with van der Waals surface area (Å²) in [7, 11) is 1.90. The van der Waals surface area contributed by atoms with Crippen LogP contribution in [0.5, 0.6) is 0 Å². The number of rotatable bonds is 10. The first kappa shape index (κ1) is 17.3. The molecule has 1 unspecified atom stereocenters. The van der Waals surface area contributed by atoms with Gasteiger partial charge in [-0.05, 0) is 24.7 Å². The van der Waals surface area contributed by atoms with E-state index < -0.39 is 0 Å². The Morgan fingerprint density at radius 2 is 2.00 bits per heavy atom. The summed E-state index contributed by atoms with van der Waals surface area (Å²) >= 11 is 11.7. The highest BCUT2D eigenvalue weighted by Crippen LogP contribution is 2.23. The van der Waals surface area contributed by atoms with E-state index in [1.807, 2.05) is 13.1 Å². The number of alkyl halides is 2. The summed E-state index contributed by atoms with van der Waals surface area (Å²) in [5, 5.41) is 3.14. The molecule has 0 amide bonds. The van der Waals surface area contributed by atoms with Crippen LogP contribution >= 0.6 is 23.2 Å². The normalized spacial score (nSPS) is 12.2. The Kier molecular flexibility index (Phi) is 8.67. The van der Waals surface area contributed by atoms with Gasteiger partial charge in [-0.2, -0.15) is 0 Å². The van der Waals surface area contributed by atoms with E-state index in [9.17, 15) is 4.79 Å². The molecule has 20 heavy (non-hydrogen) atoms. The van der Waals surface area contributed by atoms with Crippen molar-refractivity contribution >= 4 is 35.2 Å². The van der Waals surface area contributed by atoms with Crippen molar-refractivity contribution in [2.75, 3.05) is 43.3 Å². The Morgan fingerprint density at radius 3 is 2.55 bits per heavy atom. The van der Waals surface area contributed by atoms with Crippen molar-refractivity contribution < 1.29 is 4.79 Å². The molecule has 5 heteroatoms. The SMILES string of the molecule is CNCC(CC=O)c1cccc(N(CCCl)CCCl)c1. The Bertz CT molecular complexity index is 395. The van der Waals surface area contributed by atoms with Crippen LogP contribution in [0.25, 0.3) is 0 Å². The molecular formula is C15H22Cl2N2O. The Balaban J connectivity index is 2.93. The molecule has 1 atom stereocenters. The van der Waals surface area contributed by atoms with Gasteiger partial charge in [-0.1, -0.05) is 12.1 Å². The van der Waals surface area contributed by atoms with Crippen molar-refractivity contribution in [1.29, 1.82) is 0 Å². The molecule has 0 aliphatic carbocycles. The number of halogens is 2. The number of nitrogens with zero attached hydrogens (tertiary/aromatic N) is 1. The average Bonchev–Trinajstić information content (AvgIpc) is 2.47. The average molecular weight is 317 g/mol. The topological polar surface area (TPSA) is 32.3 Å². The highest BCUT2D eigenvalue weighted by molar-refractivity contribution is 6.18. The summed E-state index contributed by atoms with van der Waals surface area (Å²) in [6.07, 6.45) is 1.50. The largest absolute Gasteiger partial charge is 0.369 e. The maximum Gasteiger partial charge on any atom is 0.120 e. The van der Waals surface area contributed by atoms with Crippen molar-refractivity contribution in [3.63, 3.8) is 0 Å². The van der Waals surface area contributed by atoms with Crippen LogP contribution < -0.4 is 10.2 Å². The molecular weight excluding hydrogens is 295 g/mol. The first-order chi connectivity index (χ1) is 9.76. The maximum atomic E-state index is 10.8. The number of benzene rings is 1. The second-order valence-corrected chi connectivity index (χ2v) is 5.37. The lowest BCUT2D eigenvalue weighted by molar-refractivity contribution is -0.108. The Morgan fingerprint density at radius 1 is 1.30 bits per heavy atom. The third-order valence-corrected chi connectivity index (χ3v) is 3.58. The van der Waals surface area contributed by atoms with Crippen molar-refractivity contribution in [1.82, 2.24) is 5.32 Å². The lowest BCUT2D eigenvalue weighted by Gasteiger charge is -2.24. The summed E-state index contributed by atoms with van der Waals surface area (Å²) in [5.41, 5.74) is 2.27. The van der Waals surface area contributed by atoms with Gasteiger partial charge in [-0.15, -0.1) is 23.2 Å². The van der Waals surface area contributed by atoms with Crippen LogP contribution in [0.2, 0.25) is 0 Å². The van der Waals surface area contributed by atoms with Gasteiger partial charge in [-0.25, -0.2) is 0 Å². The lowest BCUT2D eigenvalue weighted by Crippen LogP contribution is -2.27. The standard InChI is InChI=1S/C15H22Cl2N2O/c1-18-12-14(5-10-20)13-3-2-4-15(11-13)19(8-6-16)9-7-17/h2-4,10-11,14,18H,5-9,12H2,1H3. The van der Waals surface area contributed by atoms with Crippen LogP contribution in [0.4, 0.5) is 5.69 Å². The number of carbonyl (C=O) groups is 1. The highest BCUT2D eigenvalue weighted by Gasteiger charge is 2.12. The zero-order chi connectivity index (χ0) is 14.8. The quantitative estimate of drug-likeness (QED) is 0.532. The van der Waals surface area contributed by atoms with E-state index in [2.05, 4.69) is 28.4 Å². The summed E-state index contributed by atoms with van der Waals surface area (Å²) < 4.78 is 0. The van der Waals surface area contributed by atoms with Gasteiger partial charge in [0, 0.05) is 49.4 Å². The van der Waals surface area contributed by atoms with Gasteiger partial charge >= 0.3 is 0 Å². The molecule has 0 aliphatic rings. The molecule has 0 aliphatic heterocycles. The number of carbonyl (C=O) groups excluding carboxylic acids is 1. The van der Waals surface area contributed by atoms with Gasteiger partial charge in [0.1, 0.15) is 6.29 Å². The van der Waals surface area contributed by atoms with E-state index in [1.54, 1.807) is 0 Å². The molecule has 0 radical (unpaired) electrons. The van der Waals surface area contributed by atoms with Gasteiger partial charge in [0.25, 0.3) is 0 Å². The minimum Gasteiger partial charge on any atom is -0.369 e. The second-order valence-electron chi connectivity index (χ2n) is 4.62. The number of nitrogens with one attached hydrogen (secondary N) is 1. The zero-order valence-electron chi connectivity index (χ0n) is 11.8. The maximum absolute atomic E-state index is 10.8. The first-order valence-corrected chi connectivity index (χ1v) is 7.88. The number of anilines is 1. The molecule has 1 N–H and O–H groups in total. The monoisotopic (exact) mass is 316 g/mol. The molecule has 0 bridgehead atoms. The van der Waals surface area contributed by atoms with Crippen molar-refractivity contribution in [2.24, 2.45) is 0 Å². The molecule has 0 spiro atoms. The van der Waals surface area contributed by atoms with E-state index in [4.69, 9.17) is 23.2 Å². The van der Waals surface area contributed by atoms with Gasteiger partial charge in [0.15, 0.2) is 0 Å². The van der Waals surface area contributed by atoms with Crippen LogP contribution in [-0.4, -0.2) is 44.7 Å². The summed E-state index contributed by atoms with van der Waals surface area (Å²) in [6, 6.07) is 8.27. The van der Waals surface area contributed by atoms with Crippen molar-refractivity contribution in [2.45, 2.75) is 12.3 Å². The van der Waals surface area contributed by atoms with E-state index in [1.165, 1.54) is 0 Å². The van der Waals surface area contributed by atoms with Crippen LogP contribution in [0.1, 0.15) is 17.9 Å². The molecule has 1 aromatic rings.